The molecule has 1 aromatic carbocycles. The van der Waals surface area contributed by atoms with E-state index in [2.05, 4.69) is 33.9 Å². The van der Waals surface area contributed by atoms with E-state index in [1.165, 1.54) is 37.1 Å². The molecule has 2 aliphatic rings. The Morgan fingerprint density at radius 1 is 1.10 bits per heavy atom. The van der Waals surface area contributed by atoms with Crippen LogP contribution in [0.4, 0.5) is 4.39 Å². The Labute approximate surface area is 188 Å². The van der Waals surface area contributed by atoms with Gasteiger partial charge in [-0.05, 0) is 43.2 Å². The first-order valence-corrected chi connectivity index (χ1v) is 12.6. The maximum absolute atomic E-state index is 14.5. The molecule has 0 radical (unpaired) electrons. The van der Waals surface area contributed by atoms with E-state index in [-0.39, 0.29) is 23.8 Å². The van der Waals surface area contributed by atoms with E-state index < -0.39 is 0 Å². The molecule has 2 aromatic rings. The van der Waals surface area contributed by atoms with Gasteiger partial charge in [-0.25, -0.2) is 4.39 Å². The number of thioether (sulfide) groups is 1. The molecule has 0 bridgehead atoms. The first-order chi connectivity index (χ1) is 15.0. The van der Waals surface area contributed by atoms with E-state index in [1.54, 1.807) is 12.1 Å². The molecule has 4 rings (SSSR count). The fraction of sp³-hybridized carbons (Fsp3) is 0.625. The van der Waals surface area contributed by atoms with Crippen molar-refractivity contribution in [1.29, 1.82) is 0 Å². The second-order valence-corrected chi connectivity index (χ2v) is 10.1. The highest BCUT2D eigenvalue weighted by Crippen LogP contribution is 2.36. The quantitative estimate of drug-likeness (QED) is 0.587. The van der Waals surface area contributed by atoms with Crippen LogP contribution < -0.4 is 5.32 Å². The van der Waals surface area contributed by atoms with Gasteiger partial charge in [-0.3, -0.25) is 9.36 Å². The Bertz CT molecular complexity index is 895. The van der Waals surface area contributed by atoms with E-state index in [0.717, 1.165) is 32.1 Å². The minimum atomic E-state index is -0.290. The lowest BCUT2D eigenvalue weighted by molar-refractivity contribution is -0.120. The lowest BCUT2D eigenvalue weighted by Crippen LogP contribution is -2.44. The molecular weight excluding hydrogens is 411 g/mol. The molecule has 1 aromatic heterocycles. The van der Waals surface area contributed by atoms with Crippen LogP contribution in [0.15, 0.2) is 29.4 Å². The summed E-state index contributed by atoms with van der Waals surface area (Å²) in [6.07, 6.45) is 9.09. The van der Waals surface area contributed by atoms with E-state index in [9.17, 15) is 9.18 Å². The summed E-state index contributed by atoms with van der Waals surface area (Å²) in [5.41, 5.74) is 0.474. The molecule has 0 saturated heterocycles. The number of benzene rings is 1. The zero-order valence-electron chi connectivity index (χ0n) is 18.5. The minimum Gasteiger partial charge on any atom is -0.352 e. The van der Waals surface area contributed by atoms with Gasteiger partial charge in [0.15, 0.2) is 11.0 Å². The van der Waals surface area contributed by atoms with E-state index in [1.807, 2.05) is 6.07 Å². The highest BCUT2D eigenvalue weighted by Gasteiger charge is 2.29. The van der Waals surface area contributed by atoms with Gasteiger partial charge in [0.1, 0.15) is 5.82 Å². The first kappa shape index (κ1) is 22.3. The Balaban J connectivity index is 1.50. The number of halogens is 1. The van der Waals surface area contributed by atoms with Gasteiger partial charge >= 0.3 is 0 Å². The maximum atomic E-state index is 14.5. The molecule has 7 heteroatoms. The van der Waals surface area contributed by atoms with Gasteiger partial charge in [0.2, 0.25) is 5.91 Å². The standard InChI is InChI=1S/C24H33FN4OS/c1-16-9-8-14-21(17(16)2)26-22(30)15-31-24-28-27-23(19-12-6-7-13-20(19)25)29(24)18-10-4-3-5-11-18/h6-7,12-13,16-18,21H,3-5,8-11,14-15H2,1-2H3,(H,26,30). The highest BCUT2D eigenvalue weighted by atomic mass is 32.2. The molecule has 0 spiro atoms. The normalized spacial score (nSPS) is 24.8. The fourth-order valence-electron chi connectivity index (χ4n) is 5.03. The third-order valence-electron chi connectivity index (χ3n) is 7.10. The summed E-state index contributed by atoms with van der Waals surface area (Å²) in [6.45, 7) is 4.51. The predicted molar refractivity (Wildman–Crippen MR) is 122 cm³/mol. The van der Waals surface area contributed by atoms with Crippen LogP contribution in [0.3, 0.4) is 0 Å². The smallest absolute Gasteiger partial charge is 0.230 e. The van der Waals surface area contributed by atoms with Crippen molar-refractivity contribution in [1.82, 2.24) is 20.1 Å². The molecule has 1 heterocycles. The minimum absolute atomic E-state index is 0.0431. The number of hydrogen-bond acceptors (Lipinski definition) is 4. The monoisotopic (exact) mass is 444 g/mol. The molecule has 2 fully saturated rings. The Kier molecular flexibility index (Phi) is 7.31. The van der Waals surface area contributed by atoms with E-state index in [0.29, 0.717) is 34.1 Å². The average molecular weight is 445 g/mol. The summed E-state index contributed by atoms with van der Waals surface area (Å²) in [5.74, 6) is 1.77. The number of amides is 1. The van der Waals surface area contributed by atoms with Gasteiger partial charge in [-0.1, -0.05) is 69.8 Å². The summed E-state index contributed by atoms with van der Waals surface area (Å²) >= 11 is 1.42. The van der Waals surface area contributed by atoms with Crippen molar-refractivity contribution in [2.24, 2.45) is 11.8 Å². The number of nitrogens with zero attached hydrogens (tertiary/aromatic N) is 3. The van der Waals surface area contributed by atoms with E-state index in [4.69, 9.17) is 0 Å². The third kappa shape index (κ3) is 5.13. The van der Waals surface area contributed by atoms with Crippen LogP contribution >= 0.6 is 11.8 Å². The molecule has 2 aliphatic carbocycles. The Morgan fingerprint density at radius 3 is 2.65 bits per heavy atom. The molecule has 31 heavy (non-hydrogen) atoms. The second-order valence-electron chi connectivity index (χ2n) is 9.18. The number of rotatable bonds is 6. The zero-order valence-corrected chi connectivity index (χ0v) is 19.3. The summed E-state index contributed by atoms with van der Waals surface area (Å²) in [4.78, 5) is 12.7. The van der Waals surface area contributed by atoms with Gasteiger partial charge in [0, 0.05) is 12.1 Å². The van der Waals surface area contributed by atoms with Gasteiger partial charge < -0.3 is 5.32 Å². The van der Waals surface area contributed by atoms with Crippen LogP contribution in [-0.4, -0.2) is 32.5 Å². The number of aromatic nitrogens is 3. The Morgan fingerprint density at radius 2 is 1.87 bits per heavy atom. The van der Waals surface area contributed by atoms with E-state index >= 15 is 0 Å². The molecule has 3 unspecified atom stereocenters. The summed E-state index contributed by atoms with van der Waals surface area (Å²) in [5, 5.41) is 12.7. The zero-order chi connectivity index (χ0) is 21.8. The van der Waals surface area contributed by atoms with Crippen molar-refractivity contribution in [2.75, 3.05) is 5.75 Å². The molecule has 5 nitrogen and oxygen atoms in total. The molecule has 168 valence electrons. The number of carbonyl (C=O) groups is 1. The van der Waals surface area contributed by atoms with Crippen molar-refractivity contribution in [3.05, 3.63) is 30.1 Å². The summed E-state index contributed by atoms with van der Waals surface area (Å²) < 4.78 is 16.6. The van der Waals surface area contributed by atoms with Crippen LogP contribution in [0.5, 0.6) is 0 Å². The highest BCUT2D eigenvalue weighted by molar-refractivity contribution is 7.99. The SMILES string of the molecule is CC1CCCC(NC(=O)CSc2nnc(-c3ccccc3F)n2C2CCCCC2)C1C. The second kappa shape index (κ2) is 10.2. The van der Waals surface area contributed by atoms with Crippen molar-refractivity contribution in [3.63, 3.8) is 0 Å². The van der Waals surface area contributed by atoms with Crippen LogP contribution in [0.2, 0.25) is 0 Å². The molecule has 1 N–H and O–H groups in total. The molecule has 0 aliphatic heterocycles. The van der Waals surface area contributed by atoms with Gasteiger partial charge in [-0.15, -0.1) is 10.2 Å². The largest absolute Gasteiger partial charge is 0.352 e. The molecular formula is C24H33FN4OS. The fourth-order valence-corrected chi connectivity index (χ4v) is 5.85. The Hall–Kier alpha value is -1.89. The average Bonchev–Trinajstić information content (AvgIpc) is 3.20. The molecule has 2 saturated carbocycles. The van der Waals surface area contributed by atoms with Crippen molar-refractivity contribution in [2.45, 2.75) is 82.5 Å². The van der Waals surface area contributed by atoms with Gasteiger partial charge in [0.25, 0.3) is 0 Å². The summed E-state index contributed by atoms with van der Waals surface area (Å²) in [6, 6.07) is 7.23. The molecule has 3 atom stereocenters. The predicted octanol–water partition coefficient (Wildman–Crippen LogP) is 5.62. The first-order valence-electron chi connectivity index (χ1n) is 11.7. The summed E-state index contributed by atoms with van der Waals surface area (Å²) in [7, 11) is 0. The molecule has 1 amide bonds. The van der Waals surface area contributed by atoms with Gasteiger partial charge in [-0.2, -0.15) is 0 Å². The number of carbonyl (C=O) groups excluding carboxylic acids is 1. The third-order valence-corrected chi connectivity index (χ3v) is 8.05. The van der Waals surface area contributed by atoms with Crippen LogP contribution in [0.25, 0.3) is 11.4 Å². The lowest BCUT2D eigenvalue weighted by Gasteiger charge is -2.34. The van der Waals surface area contributed by atoms with Crippen LogP contribution in [-0.2, 0) is 4.79 Å². The van der Waals surface area contributed by atoms with Crippen LogP contribution in [0.1, 0.15) is 71.3 Å². The van der Waals surface area contributed by atoms with Crippen molar-refractivity contribution >= 4 is 17.7 Å². The van der Waals surface area contributed by atoms with Gasteiger partial charge in [0.05, 0.1) is 11.3 Å². The van der Waals surface area contributed by atoms with Crippen LogP contribution in [0, 0.1) is 17.7 Å². The maximum Gasteiger partial charge on any atom is 0.230 e. The topological polar surface area (TPSA) is 59.8 Å². The number of nitrogens with one attached hydrogen (secondary N) is 1. The van der Waals surface area contributed by atoms with Crippen molar-refractivity contribution < 1.29 is 9.18 Å². The number of hydrogen-bond donors (Lipinski definition) is 1. The lowest BCUT2D eigenvalue weighted by atomic mass is 9.78. The van der Waals surface area contributed by atoms with Crippen molar-refractivity contribution in [3.8, 4) is 11.4 Å².